The minimum absolute atomic E-state index is 0.0122. The Hall–Kier alpha value is -6.57. The van der Waals surface area contributed by atoms with E-state index in [-0.39, 0.29) is 46.4 Å². The number of nitrogens with zero attached hydrogens (tertiary/aromatic N) is 6. The first-order valence-electron chi connectivity index (χ1n) is 17.0. The van der Waals surface area contributed by atoms with Crippen molar-refractivity contribution in [2.24, 2.45) is 10.2 Å². The highest BCUT2D eigenvalue weighted by Gasteiger charge is 2.26. The van der Waals surface area contributed by atoms with Crippen molar-refractivity contribution in [3.8, 4) is 5.75 Å². The van der Waals surface area contributed by atoms with Gasteiger partial charge < -0.3 is 31.5 Å². The van der Waals surface area contributed by atoms with Gasteiger partial charge in [-0.05, 0) is 60.0 Å². The van der Waals surface area contributed by atoms with Crippen LogP contribution in [0.1, 0.15) is 19.2 Å². The standard InChI is InChI=1S/C35H33N9O12S3/c1-3-29-39-34(38-19-7-11-24(36)26(17-19)37-14-13-30(45)46)41-35(40-29)44(2)20-8-9-21-18(15-20)16-28(58(51,52)53)31(32(21)47)43-42-25-12-10-22-23(33(25)59(54,55)56)5-4-6-27(22)57(48,49)50/h4-12,15-17,37,47H,3,13-14,36H2,1-2H3,(H,45,46)(H,48,49,50)(H,51,52,53)(H,54,55,56)(H,38,39,40,41). The van der Waals surface area contributed by atoms with Gasteiger partial charge in [0, 0.05) is 47.5 Å². The molecule has 0 fully saturated rings. The van der Waals surface area contributed by atoms with Crippen LogP contribution in [0, 0.1) is 0 Å². The van der Waals surface area contributed by atoms with E-state index in [1.165, 1.54) is 23.1 Å². The van der Waals surface area contributed by atoms with Crippen molar-refractivity contribution in [3.05, 3.63) is 78.6 Å². The SMILES string of the molecule is CCc1nc(Nc2ccc(N)c(NCCC(=O)O)c2)nc(N(C)c2ccc3c(O)c(N=Nc4ccc5c(S(=O)(=O)O)cccc5c4S(=O)(=O)O)c(S(=O)(=O)O)cc3c2)n1. The number of phenols is 1. The molecule has 0 saturated heterocycles. The van der Waals surface area contributed by atoms with Crippen molar-refractivity contribution in [1.29, 1.82) is 0 Å². The average Bonchev–Trinajstić information content (AvgIpc) is 3.16. The van der Waals surface area contributed by atoms with Gasteiger partial charge in [0.2, 0.25) is 11.9 Å². The minimum Gasteiger partial charge on any atom is -0.505 e. The lowest BCUT2D eigenvalue weighted by atomic mass is 10.1. The van der Waals surface area contributed by atoms with E-state index in [0.717, 1.165) is 36.4 Å². The Labute approximate surface area is 335 Å². The average molecular weight is 868 g/mol. The van der Waals surface area contributed by atoms with Crippen LogP contribution in [0.5, 0.6) is 5.75 Å². The fourth-order valence-electron chi connectivity index (χ4n) is 5.92. The fraction of sp³-hybridized carbons (Fsp3) is 0.143. The van der Waals surface area contributed by atoms with Crippen molar-refractivity contribution >= 4 is 104 Å². The van der Waals surface area contributed by atoms with Crippen LogP contribution in [0.15, 0.2) is 97.7 Å². The van der Waals surface area contributed by atoms with E-state index in [9.17, 15) is 48.8 Å². The Balaban J connectivity index is 1.38. The number of benzene rings is 5. The molecule has 0 aliphatic carbocycles. The molecule has 5 aromatic carbocycles. The van der Waals surface area contributed by atoms with Crippen LogP contribution < -0.4 is 21.3 Å². The van der Waals surface area contributed by atoms with Gasteiger partial charge in [-0.3, -0.25) is 18.5 Å². The number of nitrogens with one attached hydrogen (secondary N) is 2. The number of azo groups is 1. The normalized spacial score (nSPS) is 12.3. The van der Waals surface area contributed by atoms with Gasteiger partial charge in [-0.25, -0.2) is 0 Å². The number of carbonyl (C=O) groups is 1. The molecule has 0 saturated carbocycles. The molecule has 59 heavy (non-hydrogen) atoms. The van der Waals surface area contributed by atoms with E-state index in [0.29, 0.717) is 35.0 Å². The van der Waals surface area contributed by atoms with Crippen LogP contribution in [-0.2, 0) is 41.6 Å². The summed E-state index contributed by atoms with van der Waals surface area (Å²) >= 11 is 0. The van der Waals surface area contributed by atoms with E-state index in [1.807, 2.05) is 6.92 Å². The predicted octanol–water partition coefficient (Wildman–Crippen LogP) is 5.58. The highest BCUT2D eigenvalue weighted by atomic mass is 32.2. The predicted molar refractivity (Wildman–Crippen MR) is 215 cm³/mol. The zero-order chi connectivity index (χ0) is 43.0. The smallest absolute Gasteiger partial charge is 0.305 e. The molecule has 0 aliphatic heterocycles. The van der Waals surface area contributed by atoms with Crippen LogP contribution >= 0.6 is 0 Å². The minimum atomic E-state index is -5.18. The lowest BCUT2D eigenvalue weighted by molar-refractivity contribution is -0.136. The molecule has 0 spiro atoms. The second kappa shape index (κ2) is 16.0. The van der Waals surface area contributed by atoms with Crippen LogP contribution in [0.3, 0.4) is 0 Å². The number of hydrogen-bond donors (Lipinski definition) is 8. The van der Waals surface area contributed by atoms with Crippen molar-refractivity contribution in [3.63, 3.8) is 0 Å². The van der Waals surface area contributed by atoms with Crippen molar-refractivity contribution in [2.75, 3.05) is 34.9 Å². The van der Waals surface area contributed by atoms with E-state index in [2.05, 4.69) is 35.8 Å². The molecule has 0 aliphatic rings. The molecular formula is C35H33N9O12S3. The number of anilines is 6. The number of aliphatic carboxylic acids is 1. The topological polar surface area (TPSA) is 337 Å². The van der Waals surface area contributed by atoms with Gasteiger partial charge in [0.1, 0.15) is 31.9 Å². The maximum Gasteiger partial charge on any atom is 0.305 e. The Bertz CT molecular complexity index is 3060. The first kappa shape index (κ1) is 42.0. The lowest BCUT2D eigenvalue weighted by Gasteiger charge is -2.20. The zero-order valence-electron chi connectivity index (χ0n) is 30.6. The number of rotatable bonds is 14. The highest BCUT2D eigenvalue weighted by molar-refractivity contribution is 7.86. The first-order valence-corrected chi connectivity index (χ1v) is 21.3. The summed E-state index contributed by atoms with van der Waals surface area (Å²) in [5, 5.41) is 33.3. The maximum atomic E-state index is 12.7. The number of hydrogen-bond acceptors (Lipinski definition) is 17. The summed E-state index contributed by atoms with van der Waals surface area (Å²) < 4.78 is 104. The number of carboxylic acids is 1. The fourth-order valence-corrected chi connectivity index (χ4v) is 8.11. The Morgan fingerprint density at radius 2 is 1.53 bits per heavy atom. The molecule has 0 unspecified atom stereocenters. The van der Waals surface area contributed by atoms with Crippen LogP contribution in [0.25, 0.3) is 21.5 Å². The van der Waals surface area contributed by atoms with Gasteiger partial charge >= 0.3 is 5.97 Å². The second-order valence-corrected chi connectivity index (χ2v) is 16.8. The molecule has 0 atom stereocenters. The van der Waals surface area contributed by atoms with Crippen LogP contribution in [0.2, 0.25) is 0 Å². The largest absolute Gasteiger partial charge is 0.505 e. The molecule has 308 valence electrons. The zero-order valence-corrected chi connectivity index (χ0v) is 33.1. The summed E-state index contributed by atoms with van der Waals surface area (Å²) in [6, 6.07) is 15.5. The number of aromatic nitrogens is 3. The lowest BCUT2D eigenvalue weighted by Crippen LogP contribution is -2.16. The van der Waals surface area contributed by atoms with Gasteiger partial charge in [0.15, 0.2) is 5.75 Å². The number of nitrogens with two attached hydrogens (primary N) is 1. The molecule has 24 heteroatoms. The molecule has 6 rings (SSSR count). The third-order valence-corrected chi connectivity index (χ3v) is 11.4. The van der Waals surface area contributed by atoms with E-state index in [1.54, 1.807) is 25.2 Å². The summed E-state index contributed by atoms with van der Waals surface area (Å²) in [6.07, 6.45) is 0.274. The molecular weight excluding hydrogens is 835 g/mol. The quantitative estimate of drug-likeness (QED) is 0.0376. The first-order chi connectivity index (χ1) is 27.6. The number of aromatic hydroxyl groups is 1. The van der Waals surface area contributed by atoms with Crippen molar-refractivity contribution in [2.45, 2.75) is 34.5 Å². The summed E-state index contributed by atoms with van der Waals surface area (Å²) in [7, 11) is -13.6. The van der Waals surface area contributed by atoms with Gasteiger partial charge in [-0.2, -0.15) is 40.2 Å². The Kier molecular flexibility index (Phi) is 11.4. The molecule has 1 aromatic heterocycles. The van der Waals surface area contributed by atoms with Crippen LogP contribution in [-0.4, -0.2) is 83.6 Å². The van der Waals surface area contributed by atoms with E-state index in [4.69, 9.17) is 10.8 Å². The van der Waals surface area contributed by atoms with Crippen LogP contribution in [0.4, 0.5) is 46.0 Å². The van der Waals surface area contributed by atoms with E-state index >= 15 is 0 Å². The third kappa shape index (κ3) is 9.11. The number of nitrogen functional groups attached to an aromatic ring is 1. The number of carboxylic acid groups (broad SMARTS) is 1. The molecule has 0 bridgehead atoms. The number of phenolic OH excluding ortho intramolecular Hbond substituents is 1. The van der Waals surface area contributed by atoms with Gasteiger partial charge in [0.05, 0.1) is 17.8 Å². The molecule has 1 heterocycles. The molecule has 6 aromatic rings. The van der Waals surface area contributed by atoms with Gasteiger partial charge in [0.25, 0.3) is 30.4 Å². The molecule has 0 amide bonds. The summed E-state index contributed by atoms with van der Waals surface area (Å²) in [5.74, 6) is -1.09. The van der Waals surface area contributed by atoms with Crippen molar-refractivity contribution < 1.29 is 53.9 Å². The summed E-state index contributed by atoms with van der Waals surface area (Å²) in [6.45, 7) is 1.96. The third-order valence-electron chi connectivity index (χ3n) is 8.69. The van der Waals surface area contributed by atoms with E-state index < -0.39 is 68.1 Å². The molecule has 21 nitrogen and oxygen atoms in total. The molecule has 9 N–H and O–H groups in total. The Morgan fingerprint density at radius 1 is 0.814 bits per heavy atom. The number of aryl methyl sites for hydroxylation is 1. The highest BCUT2D eigenvalue weighted by Crippen LogP contribution is 2.44. The summed E-state index contributed by atoms with van der Waals surface area (Å²) in [4.78, 5) is 23.4. The van der Waals surface area contributed by atoms with Crippen molar-refractivity contribution in [1.82, 2.24) is 15.0 Å². The summed E-state index contributed by atoms with van der Waals surface area (Å²) in [5.41, 5.74) is 6.39. The maximum absolute atomic E-state index is 12.7. The molecule has 0 radical (unpaired) electrons. The van der Waals surface area contributed by atoms with Gasteiger partial charge in [-0.1, -0.05) is 25.1 Å². The monoisotopic (exact) mass is 867 g/mol. The Morgan fingerprint density at radius 3 is 2.19 bits per heavy atom. The second-order valence-electron chi connectivity index (χ2n) is 12.7. The van der Waals surface area contributed by atoms with Gasteiger partial charge in [-0.15, -0.1) is 10.2 Å². The number of fused-ring (bicyclic) bond motifs is 2.